The van der Waals surface area contributed by atoms with E-state index in [0.717, 1.165) is 0 Å². The minimum Gasteiger partial charge on any atom is -0.454 e. The molecule has 29 heavy (non-hydrogen) atoms. The maximum absolute atomic E-state index is 12.1. The van der Waals surface area contributed by atoms with Crippen molar-refractivity contribution in [2.45, 2.75) is 17.9 Å². The second-order valence-corrected chi connectivity index (χ2v) is 8.53. The summed E-state index contributed by atoms with van der Waals surface area (Å²) in [7, 11) is -3.71. The number of halogens is 2. The van der Waals surface area contributed by atoms with Crippen LogP contribution in [0.15, 0.2) is 52.4 Å². The Morgan fingerprint density at radius 1 is 1.21 bits per heavy atom. The summed E-state index contributed by atoms with van der Waals surface area (Å²) in [5, 5.41) is 3.15. The van der Waals surface area contributed by atoms with Crippen molar-refractivity contribution in [3.63, 3.8) is 0 Å². The fourth-order valence-electron chi connectivity index (χ4n) is 2.51. The summed E-state index contributed by atoms with van der Waals surface area (Å²) < 4.78 is 31.4. The fourth-order valence-corrected chi connectivity index (χ4v) is 4.21. The van der Waals surface area contributed by atoms with Gasteiger partial charge < -0.3 is 10.1 Å². The molecule has 0 saturated carbocycles. The number of hydrogen-bond donors (Lipinski definition) is 2. The van der Waals surface area contributed by atoms with E-state index in [1.54, 1.807) is 24.3 Å². The van der Waals surface area contributed by atoms with Crippen molar-refractivity contribution in [3.8, 4) is 0 Å². The molecule has 0 fully saturated rings. The molecule has 0 radical (unpaired) electrons. The number of amides is 1. The van der Waals surface area contributed by atoms with Gasteiger partial charge in [0.25, 0.3) is 15.9 Å². The normalized spacial score (nSPS) is 16.6. The summed E-state index contributed by atoms with van der Waals surface area (Å²) in [5.74, 6) is -1.35. The van der Waals surface area contributed by atoms with Gasteiger partial charge in [0.05, 0.1) is 15.6 Å². The number of carbonyl (C=O) groups excluding carboxylic acids is 2. The lowest BCUT2D eigenvalue weighted by Crippen LogP contribution is -2.28. The summed E-state index contributed by atoms with van der Waals surface area (Å²) in [5.41, 5.74) is 0.685. The van der Waals surface area contributed by atoms with Crippen LogP contribution < -0.4 is 10.0 Å². The lowest BCUT2D eigenvalue weighted by Gasteiger charge is -2.10. The molecule has 0 bridgehead atoms. The molecule has 1 heterocycles. The van der Waals surface area contributed by atoms with Gasteiger partial charge in [-0.25, -0.2) is 13.2 Å². The van der Waals surface area contributed by atoms with Crippen molar-refractivity contribution in [3.05, 3.63) is 58.1 Å². The van der Waals surface area contributed by atoms with Crippen molar-refractivity contribution < 1.29 is 22.7 Å². The number of carbonyl (C=O) groups is 2. The van der Waals surface area contributed by atoms with Gasteiger partial charge in [-0.3, -0.25) is 14.5 Å². The second kappa shape index (κ2) is 8.40. The lowest BCUT2D eigenvalue weighted by atomic mass is 10.2. The molecular formula is C18H15Cl2N3O5S. The van der Waals surface area contributed by atoms with Gasteiger partial charge in [0.1, 0.15) is 11.9 Å². The van der Waals surface area contributed by atoms with Crippen LogP contribution in [0.2, 0.25) is 10.0 Å². The molecule has 11 heteroatoms. The zero-order chi connectivity index (χ0) is 21.2. The molecule has 0 spiro atoms. The molecule has 2 N–H and O–H groups in total. The maximum atomic E-state index is 12.1. The van der Waals surface area contributed by atoms with Crippen molar-refractivity contribution >= 4 is 56.6 Å². The smallest absolute Gasteiger partial charge is 0.331 e. The van der Waals surface area contributed by atoms with Crippen LogP contribution in [-0.4, -0.2) is 38.8 Å². The Hall–Kier alpha value is -2.62. The van der Waals surface area contributed by atoms with Gasteiger partial charge in [0, 0.05) is 10.6 Å². The number of fused-ring (bicyclic) bond motifs is 1. The van der Waals surface area contributed by atoms with E-state index in [9.17, 15) is 18.0 Å². The maximum Gasteiger partial charge on any atom is 0.331 e. The van der Waals surface area contributed by atoms with E-state index in [1.165, 1.54) is 25.1 Å². The summed E-state index contributed by atoms with van der Waals surface area (Å²) in [6, 6.07) is 9.75. The minimum atomic E-state index is -3.71. The van der Waals surface area contributed by atoms with Crippen LogP contribution in [0.25, 0.3) is 0 Å². The van der Waals surface area contributed by atoms with Crippen molar-refractivity contribution in [2.24, 2.45) is 4.99 Å². The average Bonchev–Trinajstić information content (AvgIpc) is 2.92. The van der Waals surface area contributed by atoms with Crippen molar-refractivity contribution in [1.82, 2.24) is 4.72 Å². The van der Waals surface area contributed by atoms with Gasteiger partial charge in [-0.05, 0) is 37.3 Å². The monoisotopic (exact) mass is 455 g/mol. The molecule has 2 aromatic carbocycles. The molecule has 8 nitrogen and oxygen atoms in total. The third kappa shape index (κ3) is 4.87. The SMILES string of the molecule is C[C@H](N=C1NS(=O)(=O)c2ccccc21)C(=O)OCC(=O)Nc1ccc(Cl)cc1Cl. The number of nitrogens with one attached hydrogen (secondary N) is 2. The predicted molar refractivity (Wildman–Crippen MR) is 109 cm³/mol. The van der Waals surface area contributed by atoms with Crippen LogP contribution in [0.3, 0.4) is 0 Å². The molecule has 3 rings (SSSR count). The Balaban J connectivity index is 1.61. The Morgan fingerprint density at radius 2 is 1.93 bits per heavy atom. The summed E-state index contributed by atoms with van der Waals surface area (Å²) >= 11 is 11.8. The quantitative estimate of drug-likeness (QED) is 0.672. The number of hydrogen-bond acceptors (Lipinski definition) is 6. The van der Waals surface area contributed by atoms with Crippen molar-refractivity contribution in [2.75, 3.05) is 11.9 Å². The summed E-state index contributed by atoms with van der Waals surface area (Å²) in [6.45, 7) is 0.869. The fraction of sp³-hybridized carbons (Fsp3) is 0.167. The number of anilines is 1. The first-order valence-electron chi connectivity index (χ1n) is 8.29. The molecule has 0 aromatic heterocycles. The average molecular weight is 456 g/mol. The van der Waals surface area contributed by atoms with E-state index >= 15 is 0 Å². The molecular weight excluding hydrogens is 441 g/mol. The summed E-state index contributed by atoms with van der Waals surface area (Å²) in [4.78, 5) is 28.3. The highest BCUT2D eigenvalue weighted by Gasteiger charge is 2.31. The minimum absolute atomic E-state index is 0.0439. The van der Waals surface area contributed by atoms with Crippen LogP contribution in [0.4, 0.5) is 5.69 Å². The van der Waals surface area contributed by atoms with E-state index in [-0.39, 0.29) is 15.8 Å². The molecule has 1 atom stereocenters. The summed E-state index contributed by atoms with van der Waals surface area (Å²) in [6.07, 6.45) is 0. The highest BCUT2D eigenvalue weighted by molar-refractivity contribution is 7.90. The van der Waals surface area contributed by atoms with Gasteiger partial charge >= 0.3 is 5.97 Å². The number of esters is 1. The third-order valence-electron chi connectivity index (χ3n) is 3.88. The molecule has 1 aliphatic rings. The van der Waals surface area contributed by atoms with Crippen LogP contribution >= 0.6 is 23.2 Å². The molecule has 0 aliphatic carbocycles. The Bertz CT molecular complexity index is 1120. The number of amidine groups is 1. The first-order valence-corrected chi connectivity index (χ1v) is 10.5. The van der Waals surface area contributed by atoms with Crippen LogP contribution in [0, 0.1) is 0 Å². The number of ether oxygens (including phenoxy) is 1. The first kappa shape index (κ1) is 21.1. The van der Waals surface area contributed by atoms with Gasteiger partial charge in [-0.2, -0.15) is 0 Å². The predicted octanol–water partition coefficient (Wildman–Crippen LogP) is 2.60. The van der Waals surface area contributed by atoms with Gasteiger partial charge in [0.2, 0.25) is 0 Å². The van der Waals surface area contributed by atoms with Crippen LogP contribution in [0.1, 0.15) is 12.5 Å². The van der Waals surface area contributed by atoms with E-state index in [4.69, 9.17) is 27.9 Å². The topological polar surface area (TPSA) is 114 Å². The molecule has 152 valence electrons. The van der Waals surface area contributed by atoms with Gasteiger partial charge in [-0.15, -0.1) is 0 Å². The number of sulfonamides is 1. The van der Waals surface area contributed by atoms with E-state index in [0.29, 0.717) is 16.3 Å². The van der Waals surface area contributed by atoms with Crippen molar-refractivity contribution in [1.29, 1.82) is 0 Å². The zero-order valence-corrected chi connectivity index (χ0v) is 17.3. The number of rotatable bonds is 5. The Kier molecular flexibility index (Phi) is 6.11. The molecule has 1 aliphatic heterocycles. The number of aliphatic imine (C=N–C) groups is 1. The second-order valence-electron chi connectivity index (χ2n) is 6.04. The lowest BCUT2D eigenvalue weighted by molar-refractivity contribution is -0.148. The highest BCUT2D eigenvalue weighted by Crippen LogP contribution is 2.25. The molecule has 2 aromatic rings. The standard InChI is InChI=1S/C18H15Cl2N3O5S/c1-10(21-17-12-4-2-3-5-15(12)29(26,27)23-17)18(25)28-9-16(24)22-14-7-6-11(19)8-13(14)20/h2-8,10H,9H2,1H3,(H,21,23)(H,22,24)/t10-/m0/s1. The molecule has 1 amide bonds. The highest BCUT2D eigenvalue weighted by atomic mass is 35.5. The Morgan fingerprint density at radius 3 is 2.66 bits per heavy atom. The third-order valence-corrected chi connectivity index (χ3v) is 5.82. The van der Waals surface area contributed by atoms with Gasteiger partial charge in [0.15, 0.2) is 6.61 Å². The van der Waals surface area contributed by atoms with Gasteiger partial charge in [-0.1, -0.05) is 35.3 Å². The molecule has 0 unspecified atom stereocenters. The largest absolute Gasteiger partial charge is 0.454 e. The van der Waals surface area contributed by atoms with Crippen LogP contribution in [-0.2, 0) is 24.3 Å². The number of nitrogens with zero attached hydrogens (tertiary/aromatic N) is 1. The molecule has 0 saturated heterocycles. The van der Waals surface area contributed by atoms with Crippen LogP contribution in [0.5, 0.6) is 0 Å². The van der Waals surface area contributed by atoms with E-state index < -0.39 is 34.5 Å². The van der Waals surface area contributed by atoms with E-state index in [1.807, 2.05) is 0 Å². The van der Waals surface area contributed by atoms with E-state index in [2.05, 4.69) is 15.0 Å². The first-order chi connectivity index (χ1) is 13.7. The Labute approximate surface area is 176 Å². The zero-order valence-electron chi connectivity index (χ0n) is 15.0. The number of benzene rings is 2.